The number of hydrogen-bond acceptors (Lipinski definition) is 3. The van der Waals surface area contributed by atoms with Gasteiger partial charge in [-0.25, -0.2) is 0 Å². The zero-order chi connectivity index (χ0) is 10.5. The largest absolute Gasteiger partial charge is 0.396 e. The van der Waals surface area contributed by atoms with Crippen LogP contribution >= 0.6 is 0 Å². The second-order valence-electron chi connectivity index (χ2n) is 4.06. The number of nitrogens with zero attached hydrogens (tertiary/aromatic N) is 2. The normalized spacial score (nSPS) is 21.7. The minimum absolute atomic E-state index is 0.284. The molecule has 0 spiro atoms. The number of piperidine rings is 1. The molecule has 82 valence electrons. The van der Waals surface area contributed by atoms with E-state index in [1.807, 2.05) is 12.4 Å². The maximum absolute atomic E-state index is 9.04. The van der Waals surface area contributed by atoms with Crippen LogP contribution in [-0.4, -0.2) is 29.3 Å². The van der Waals surface area contributed by atoms with Crippen LogP contribution in [0.5, 0.6) is 0 Å². The van der Waals surface area contributed by atoms with E-state index in [9.17, 15) is 0 Å². The topological polar surface area (TPSA) is 36.4 Å². The van der Waals surface area contributed by atoms with Gasteiger partial charge in [-0.05, 0) is 37.8 Å². The van der Waals surface area contributed by atoms with Crippen LogP contribution in [0, 0.1) is 0 Å². The number of rotatable bonds is 3. The zero-order valence-corrected chi connectivity index (χ0v) is 8.97. The van der Waals surface area contributed by atoms with Gasteiger partial charge in [0.15, 0.2) is 0 Å². The summed E-state index contributed by atoms with van der Waals surface area (Å²) in [4.78, 5) is 6.44. The maximum Gasteiger partial charge on any atom is 0.0450 e. The SMILES string of the molecule is OCCC1CCCCN1c1ccncc1. The Kier molecular flexibility index (Phi) is 3.56. The number of aliphatic hydroxyl groups is 1. The molecule has 0 bridgehead atoms. The van der Waals surface area contributed by atoms with Crippen LogP contribution < -0.4 is 4.90 Å². The molecule has 1 aliphatic rings. The number of aliphatic hydroxyl groups excluding tert-OH is 1. The summed E-state index contributed by atoms with van der Waals surface area (Å²) in [7, 11) is 0. The Balaban J connectivity index is 2.11. The molecule has 1 N–H and O–H groups in total. The lowest BCUT2D eigenvalue weighted by Crippen LogP contribution is -2.40. The molecule has 1 aromatic heterocycles. The number of hydrogen-bond donors (Lipinski definition) is 1. The van der Waals surface area contributed by atoms with Crippen molar-refractivity contribution in [2.45, 2.75) is 31.7 Å². The zero-order valence-electron chi connectivity index (χ0n) is 8.97. The van der Waals surface area contributed by atoms with E-state index in [1.165, 1.54) is 24.9 Å². The smallest absolute Gasteiger partial charge is 0.0450 e. The predicted molar refractivity (Wildman–Crippen MR) is 60.9 cm³/mol. The highest BCUT2D eigenvalue weighted by molar-refractivity contribution is 5.46. The van der Waals surface area contributed by atoms with Gasteiger partial charge in [0.1, 0.15) is 0 Å². The number of aromatic nitrogens is 1. The Bertz CT molecular complexity index is 287. The average Bonchev–Trinajstić information content (AvgIpc) is 2.31. The van der Waals surface area contributed by atoms with Gasteiger partial charge >= 0.3 is 0 Å². The minimum atomic E-state index is 0.284. The first kappa shape index (κ1) is 10.4. The molecule has 0 aromatic carbocycles. The Labute approximate surface area is 90.8 Å². The van der Waals surface area contributed by atoms with Gasteiger partial charge in [-0.15, -0.1) is 0 Å². The summed E-state index contributed by atoms with van der Waals surface area (Å²) >= 11 is 0. The van der Waals surface area contributed by atoms with E-state index in [1.54, 1.807) is 0 Å². The Morgan fingerprint density at radius 3 is 2.87 bits per heavy atom. The van der Waals surface area contributed by atoms with Crippen molar-refractivity contribution in [3.05, 3.63) is 24.5 Å². The van der Waals surface area contributed by atoms with E-state index in [4.69, 9.17) is 5.11 Å². The highest BCUT2D eigenvalue weighted by atomic mass is 16.3. The first-order chi connectivity index (χ1) is 7.42. The number of anilines is 1. The van der Waals surface area contributed by atoms with Crippen molar-refractivity contribution in [3.63, 3.8) is 0 Å². The van der Waals surface area contributed by atoms with E-state index < -0.39 is 0 Å². The summed E-state index contributed by atoms with van der Waals surface area (Å²) in [5.74, 6) is 0. The Morgan fingerprint density at radius 2 is 2.13 bits per heavy atom. The van der Waals surface area contributed by atoms with E-state index in [0.29, 0.717) is 6.04 Å². The standard InChI is InChI=1S/C12H18N2O/c15-10-6-11-3-1-2-9-14(11)12-4-7-13-8-5-12/h4-5,7-8,11,15H,1-3,6,9-10H2. The summed E-state index contributed by atoms with van der Waals surface area (Å²) < 4.78 is 0. The first-order valence-electron chi connectivity index (χ1n) is 5.69. The number of pyridine rings is 1. The van der Waals surface area contributed by atoms with Gasteiger partial charge in [-0.2, -0.15) is 0 Å². The summed E-state index contributed by atoms with van der Waals surface area (Å²) in [5, 5.41) is 9.04. The van der Waals surface area contributed by atoms with Crippen LogP contribution in [0.15, 0.2) is 24.5 Å². The van der Waals surface area contributed by atoms with Crippen molar-refractivity contribution >= 4 is 5.69 Å². The molecule has 3 nitrogen and oxygen atoms in total. The summed E-state index contributed by atoms with van der Waals surface area (Å²) in [6, 6.07) is 4.61. The molecule has 1 atom stereocenters. The second-order valence-corrected chi connectivity index (χ2v) is 4.06. The molecule has 0 saturated carbocycles. The summed E-state index contributed by atoms with van der Waals surface area (Å²) in [6.45, 7) is 1.39. The van der Waals surface area contributed by atoms with E-state index in [2.05, 4.69) is 22.0 Å². The molecule has 1 aliphatic heterocycles. The van der Waals surface area contributed by atoms with Crippen molar-refractivity contribution in [2.24, 2.45) is 0 Å². The quantitative estimate of drug-likeness (QED) is 0.819. The molecule has 0 radical (unpaired) electrons. The van der Waals surface area contributed by atoms with Crippen LogP contribution in [0.25, 0.3) is 0 Å². The van der Waals surface area contributed by atoms with E-state index >= 15 is 0 Å². The lowest BCUT2D eigenvalue weighted by atomic mass is 9.99. The Hall–Kier alpha value is -1.09. The molecule has 2 rings (SSSR count). The van der Waals surface area contributed by atoms with Crippen molar-refractivity contribution < 1.29 is 5.11 Å². The third kappa shape index (κ3) is 2.48. The lowest BCUT2D eigenvalue weighted by molar-refractivity contribution is 0.262. The van der Waals surface area contributed by atoms with Crippen molar-refractivity contribution in [1.82, 2.24) is 4.98 Å². The first-order valence-corrected chi connectivity index (χ1v) is 5.69. The molecule has 1 saturated heterocycles. The predicted octanol–water partition coefficient (Wildman–Crippen LogP) is 1.82. The van der Waals surface area contributed by atoms with Gasteiger partial charge in [0.25, 0.3) is 0 Å². The lowest BCUT2D eigenvalue weighted by Gasteiger charge is -2.37. The van der Waals surface area contributed by atoms with E-state index in [-0.39, 0.29) is 6.61 Å². The molecule has 1 aromatic rings. The molecule has 3 heteroatoms. The van der Waals surface area contributed by atoms with Crippen LogP contribution in [0.4, 0.5) is 5.69 Å². The van der Waals surface area contributed by atoms with Gasteiger partial charge < -0.3 is 10.0 Å². The van der Waals surface area contributed by atoms with Crippen LogP contribution in [0.2, 0.25) is 0 Å². The molecular formula is C12H18N2O. The van der Waals surface area contributed by atoms with Gasteiger partial charge in [0, 0.05) is 37.3 Å². The highest BCUT2D eigenvalue weighted by Crippen LogP contribution is 2.25. The fourth-order valence-electron chi connectivity index (χ4n) is 2.33. The minimum Gasteiger partial charge on any atom is -0.396 e. The van der Waals surface area contributed by atoms with Crippen molar-refractivity contribution in [2.75, 3.05) is 18.1 Å². The van der Waals surface area contributed by atoms with Crippen LogP contribution in [-0.2, 0) is 0 Å². The van der Waals surface area contributed by atoms with Crippen molar-refractivity contribution in [3.8, 4) is 0 Å². The molecule has 2 heterocycles. The van der Waals surface area contributed by atoms with Gasteiger partial charge in [-0.3, -0.25) is 4.98 Å². The second kappa shape index (κ2) is 5.12. The third-order valence-corrected chi connectivity index (χ3v) is 3.08. The summed E-state index contributed by atoms with van der Waals surface area (Å²) in [5.41, 5.74) is 1.24. The van der Waals surface area contributed by atoms with Crippen molar-refractivity contribution in [1.29, 1.82) is 0 Å². The Morgan fingerprint density at radius 1 is 1.33 bits per heavy atom. The fraction of sp³-hybridized carbons (Fsp3) is 0.583. The summed E-state index contributed by atoms with van der Waals surface area (Å²) in [6.07, 6.45) is 8.28. The molecule has 0 aliphatic carbocycles. The average molecular weight is 206 g/mol. The maximum atomic E-state index is 9.04. The monoisotopic (exact) mass is 206 g/mol. The molecule has 15 heavy (non-hydrogen) atoms. The molecule has 1 fully saturated rings. The van der Waals surface area contributed by atoms with Crippen LogP contribution in [0.1, 0.15) is 25.7 Å². The molecular weight excluding hydrogens is 188 g/mol. The van der Waals surface area contributed by atoms with E-state index in [0.717, 1.165) is 13.0 Å². The van der Waals surface area contributed by atoms with Gasteiger partial charge in [0.05, 0.1) is 0 Å². The van der Waals surface area contributed by atoms with Crippen LogP contribution in [0.3, 0.4) is 0 Å². The highest BCUT2D eigenvalue weighted by Gasteiger charge is 2.21. The third-order valence-electron chi connectivity index (χ3n) is 3.08. The molecule has 0 amide bonds. The fourth-order valence-corrected chi connectivity index (χ4v) is 2.33. The van der Waals surface area contributed by atoms with Gasteiger partial charge in [0.2, 0.25) is 0 Å². The molecule has 1 unspecified atom stereocenters. The van der Waals surface area contributed by atoms with Gasteiger partial charge in [-0.1, -0.05) is 0 Å².